The molecule has 5 nitrogen and oxygen atoms in total. The van der Waals surface area contributed by atoms with Crippen LogP contribution >= 0.6 is 41.5 Å². The van der Waals surface area contributed by atoms with Gasteiger partial charge in [0.25, 0.3) is 0 Å². The Hall–Kier alpha value is -1.11. The zero-order valence-electron chi connectivity index (χ0n) is 17.5. The third-order valence-corrected chi connectivity index (χ3v) is 10.2. The van der Waals surface area contributed by atoms with Gasteiger partial charge in [0.05, 0.1) is 6.61 Å². The minimum atomic E-state index is -3.39. The molecule has 1 N–H and O–H groups in total. The molecule has 0 aliphatic carbocycles. The summed E-state index contributed by atoms with van der Waals surface area (Å²) in [4.78, 5) is 14.3. The van der Waals surface area contributed by atoms with Crippen LogP contribution in [0.4, 0.5) is 10.5 Å². The number of benzene rings is 2. The Bertz CT molecular complexity index is 871. The summed E-state index contributed by atoms with van der Waals surface area (Å²) in [5.41, 5.74) is 1.47. The van der Waals surface area contributed by atoms with Gasteiger partial charge in [-0.05, 0) is 67.5 Å². The minimum Gasteiger partial charge on any atom is -0.307 e. The van der Waals surface area contributed by atoms with E-state index in [0.717, 1.165) is 16.9 Å². The van der Waals surface area contributed by atoms with Gasteiger partial charge < -0.3 is 9.84 Å². The van der Waals surface area contributed by atoms with Gasteiger partial charge in [-0.15, -0.1) is 11.8 Å². The number of hydrogen-bond donors (Lipinski definition) is 1. The average Bonchev–Trinajstić information content (AvgIpc) is 2.72. The van der Waals surface area contributed by atoms with Crippen LogP contribution in [-0.4, -0.2) is 35.4 Å². The second-order valence-electron chi connectivity index (χ2n) is 6.39. The number of halogens is 1. The van der Waals surface area contributed by atoms with Gasteiger partial charge in [-0.3, -0.25) is 4.57 Å². The summed E-state index contributed by atoms with van der Waals surface area (Å²) < 4.78 is 20.7. The van der Waals surface area contributed by atoms with Crippen LogP contribution in [0, 0.1) is 6.92 Å². The maximum Gasteiger partial charge on any atom is 0.357 e. The third-order valence-electron chi connectivity index (χ3n) is 4.03. The number of hydrogen-bond acceptors (Lipinski definition) is 5. The van der Waals surface area contributed by atoms with Crippen LogP contribution in [0.25, 0.3) is 0 Å². The van der Waals surface area contributed by atoms with Crippen molar-refractivity contribution in [3.63, 3.8) is 0 Å². The molecule has 0 aliphatic rings. The number of carbonyl (C=O) groups is 1. The molecule has 0 saturated heterocycles. The first-order valence-corrected chi connectivity index (χ1v) is 14.3. The predicted octanol–water partition coefficient (Wildman–Crippen LogP) is 7.56. The van der Waals surface area contributed by atoms with Crippen molar-refractivity contribution in [2.75, 3.05) is 30.0 Å². The van der Waals surface area contributed by atoms with E-state index >= 15 is 0 Å². The standard InChI is InChI=1S/C21H28ClN2O3PS2/c1-4-14-30-28(26,27-5-2)24(13-15-29-19-9-7-6-8-10-19)21(25)23-20-12-11-18(22)16-17(20)3/h6-12,16H,4-5,13-15H2,1-3H3,(H,23,25). The molecule has 2 amide bonds. The minimum absolute atomic E-state index is 0.267. The summed E-state index contributed by atoms with van der Waals surface area (Å²) in [7, 11) is 0. The summed E-state index contributed by atoms with van der Waals surface area (Å²) in [5.74, 6) is 1.24. The third kappa shape index (κ3) is 7.54. The Morgan fingerprint density at radius 3 is 2.53 bits per heavy atom. The number of carbonyl (C=O) groups excluding carboxylic acids is 1. The maximum absolute atomic E-state index is 13.7. The fraction of sp³-hybridized carbons (Fsp3) is 0.381. The fourth-order valence-corrected chi connectivity index (χ4v) is 8.19. The average molecular weight is 487 g/mol. The first kappa shape index (κ1) is 25.2. The van der Waals surface area contributed by atoms with Crippen molar-refractivity contribution >= 4 is 53.2 Å². The number of amides is 2. The van der Waals surface area contributed by atoms with Crippen LogP contribution in [0.15, 0.2) is 53.4 Å². The van der Waals surface area contributed by atoms with Gasteiger partial charge in [0.2, 0.25) is 0 Å². The molecule has 0 bridgehead atoms. The Labute approximate surface area is 192 Å². The molecular weight excluding hydrogens is 459 g/mol. The number of rotatable bonds is 11. The number of urea groups is 1. The Balaban J connectivity index is 2.21. The number of nitrogens with one attached hydrogen (secondary N) is 1. The van der Waals surface area contributed by atoms with Gasteiger partial charge >= 0.3 is 12.8 Å². The highest BCUT2D eigenvalue weighted by atomic mass is 35.5. The van der Waals surface area contributed by atoms with E-state index in [9.17, 15) is 9.36 Å². The predicted molar refractivity (Wildman–Crippen MR) is 131 cm³/mol. The van der Waals surface area contributed by atoms with Crippen molar-refractivity contribution in [2.24, 2.45) is 0 Å². The molecule has 0 heterocycles. The van der Waals surface area contributed by atoms with Gasteiger partial charge in [0.1, 0.15) is 0 Å². The van der Waals surface area contributed by atoms with E-state index in [1.54, 1.807) is 36.9 Å². The molecule has 2 aromatic rings. The topological polar surface area (TPSA) is 58.6 Å². The van der Waals surface area contributed by atoms with E-state index < -0.39 is 12.8 Å². The lowest BCUT2D eigenvalue weighted by Gasteiger charge is -2.30. The molecule has 0 saturated carbocycles. The first-order valence-electron chi connectivity index (χ1n) is 9.81. The van der Waals surface area contributed by atoms with Crippen LogP contribution in [0.1, 0.15) is 25.8 Å². The number of aryl methyl sites for hydroxylation is 1. The lowest BCUT2D eigenvalue weighted by molar-refractivity contribution is 0.229. The summed E-state index contributed by atoms with van der Waals surface area (Å²) in [6, 6.07) is 14.7. The van der Waals surface area contributed by atoms with Crippen LogP contribution < -0.4 is 5.32 Å². The van der Waals surface area contributed by atoms with E-state index in [2.05, 4.69) is 5.32 Å². The summed E-state index contributed by atoms with van der Waals surface area (Å²) in [6.07, 6.45) is 0.840. The van der Waals surface area contributed by atoms with E-state index in [-0.39, 0.29) is 6.61 Å². The molecule has 0 aliphatic heterocycles. The van der Waals surface area contributed by atoms with Crippen molar-refractivity contribution in [3.8, 4) is 0 Å². The molecule has 30 heavy (non-hydrogen) atoms. The van der Waals surface area contributed by atoms with Crippen molar-refractivity contribution in [3.05, 3.63) is 59.1 Å². The van der Waals surface area contributed by atoms with Gasteiger partial charge in [-0.2, -0.15) is 0 Å². The Morgan fingerprint density at radius 1 is 1.17 bits per heavy atom. The number of anilines is 1. The molecule has 2 rings (SSSR count). The van der Waals surface area contributed by atoms with Crippen LogP contribution in [0.5, 0.6) is 0 Å². The van der Waals surface area contributed by atoms with Crippen molar-refractivity contribution < 1.29 is 13.9 Å². The normalized spacial score (nSPS) is 12.9. The highest BCUT2D eigenvalue weighted by Crippen LogP contribution is 2.62. The van der Waals surface area contributed by atoms with Crippen molar-refractivity contribution in [1.82, 2.24) is 4.67 Å². The summed E-state index contributed by atoms with van der Waals surface area (Å²) in [6.45, 7) is 2.84. The number of thioether (sulfide) groups is 1. The highest BCUT2D eigenvalue weighted by molar-refractivity contribution is 8.56. The Morgan fingerprint density at radius 2 is 1.90 bits per heavy atom. The number of nitrogens with zero attached hydrogens (tertiary/aromatic N) is 1. The van der Waals surface area contributed by atoms with Crippen LogP contribution in [-0.2, 0) is 9.09 Å². The lowest BCUT2D eigenvalue weighted by atomic mass is 10.2. The molecule has 9 heteroatoms. The highest BCUT2D eigenvalue weighted by Gasteiger charge is 2.36. The summed E-state index contributed by atoms with van der Waals surface area (Å²) in [5, 5.41) is 3.48. The molecule has 1 unspecified atom stereocenters. The zero-order chi connectivity index (χ0) is 22.0. The molecule has 164 valence electrons. The quantitative estimate of drug-likeness (QED) is 0.262. The molecular formula is C21H28ClN2O3PS2. The molecule has 1 atom stereocenters. The maximum atomic E-state index is 13.7. The fourth-order valence-electron chi connectivity index (χ4n) is 2.60. The van der Waals surface area contributed by atoms with E-state index in [4.69, 9.17) is 16.1 Å². The van der Waals surface area contributed by atoms with Gasteiger partial charge in [0.15, 0.2) is 0 Å². The second-order valence-corrected chi connectivity index (χ2v) is 12.5. The van der Waals surface area contributed by atoms with Gasteiger partial charge in [-0.1, -0.05) is 36.7 Å². The van der Waals surface area contributed by atoms with E-state index in [0.29, 0.717) is 28.8 Å². The molecule has 0 fully saturated rings. The van der Waals surface area contributed by atoms with Crippen LogP contribution in [0.3, 0.4) is 0 Å². The monoisotopic (exact) mass is 486 g/mol. The molecule has 0 radical (unpaired) electrons. The molecule has 0 spiro atoms. The molecule has 0 aromatic heterocycles. The van der Waals surface area contributed by atoms with Gasteiger partial charge in [-0.25, -0.2) is 9.46 Å². The van der Waals surface area contributed by atoms with Crippen molar-refractivity contribution in [2.45, 2.75) is 32.1 Å². The van der Waals surface area contributed by atoms with E-state index in [1.165, 1.54) is 16.1 Å². The van der Waals surface area contributed by atoms with Gasteiger partial charge in [0, 0.05) is 33.7 Å². The lowest BCUT2D eigenvalue weighted by Crippen LogP contribution is -2.34. The van der Waals surface area contributed by atoms with E-state index in [1.807, 2.05) is 44.2 Å². The zero-order valence-corrected chi connectivity index (χ0v) is 20.8. The Kier molecular flexibility index (Phi) is 10.6. The van der Waals surface area contributed by atoms with Crippen molar-refractivity contribution in [1.29, 1.82) is 0 Å². The SMILES string of the molecule is CCCSP(=O)(OCC)N(CCSc1ccccc1)C(=O)Nc1ccc(Cl)cc1C. The first-order chi connectivity index (χ1) is 14.4. The molecule has 2 aromatic carbocycles. The summed E-state index contributed by atoms with van der Waals surface area (Å²) >= 11 is 8.85. The van der Waals surface area contributed by atoms with Crippen LogP contribution in [0.2, 0.25) is 5.02 Å². The largest absolute Gasteiger partial charge is 0.357 e. The second kappa shape index (κ2) is 12.7. The smallest absolute Gasteiger partial charge is 0.307 e.